The van der Waals surface area contributed by atoms with Crippen molar-refractivity contribution in [3.05, 3.63) is 0 Å². The van der Waals surface area contributed by atoms with Gasteiger partial charge in [-0.3, -0.25) is 5.43 Å². The highest BCUT2D eigenvalue weighted by molar-refractivity contribution is 5.80. The van der Waals surface area contributed by atoms with Gasteiger partial charge in [-0.2, -0.15) is 0 Å². The normalized spacial score (nSPS) is 31.2. The van der Waals surface area contributed by atoms with Gasteiger partial charge in [0.15, 0.2) is 0 Å². The molecule has 0 bridgehead atoms. The molecule has 96 valence electrons. The Morgan fingerprint density at radius 1 is 1.06 bits per heavy atom. The van der Waals surface area contributed by atoms with Crippen LogP contribution in [0.25, 0.3) is 0 Å². The summed E-state index contributed by atoms with van der Waals surface area (Å²) in [7, 11) is 0. The summed E-state index contributed by atoms with van der Waals surface area (Å²) in [6, 6.07) is 1.25. The molecule has 1 saturated heterocycles. The molecule has 17 heavy (non-hydrogen) atoms. The Balaban J connectivity index is 1.70. The molecule has 0 spiro atoms. The molecule has 4 heteroatoms. The quantitative estimate of drug-likeness (QED) is 0.331. The molecular weight excluding hydrogens is 212 g/mol. The minimum Gasteiger partial charge on any atom is -0.339 e. The number of nitrogens with one attached hydrogen (secondary N) is 1. The first kappa shape index (κ1) is 11.3. The van der Waals surface area contributed by atoms with E-state index in [0.29, 0.717) is 12.1 Å². The van der Waals surface area contributed by atoms with E-state index in [1.165, 1.54) is 51.4 Å². The lowest BCUT2D eigenvalue weighted by atomic mass is 9.96. The average molecular weight is 236 g/mol. The zero-order valence-corrected chi connectivity index (χ0v) is 10.6. The van der Waals surface area contributed by atoms with Gasteiger partial charge in [-0.05, 0) is 44.4 Å². The average Bonchev–Trinajstić information content (AvgIpc) is 2.86. The third-order valence-corrected chi connectivity index (χ3v) is 4.50. The van der Waals surface area contributed by atoms with Crippen LogP contribution in [-0.4, -0.2) is 29.5 Å². The first-order valence-corrected chi connectivity index (χ1v) is 7.19. The molecule has 3 N–H and O–H groups in total. The van der Waals surface area contributed by atoms with Crippen LogP contribution in [-0.2, 0) is 0 Å². The van der Waals surface area contributed by atoms with Crippen LogP contribution in [0.3, 0.4) is 0 Å². The van der Waals surface area contributed by atoms with Crippen molar-refractivity contribution in [3.63, 3.8) is 0 Å². The van der Waals surface area contributed by atoms with E-state index >= 15 is 0 Å². The van der Waals surface area contributed by atoms with Crippen molar-refractivity contribution in [1.29, 1.82) is 0 Å². The van der Waals surface area contributed by atoms with Crippen LogP contribution in [0.2, 0.25) is 0 Å². The molecule has 1 heterocycles. The van der Waals surface area contributed by atoms with Crippen LogP contribution in [0.15, 0.2) is 4.99 Å². The molecule has 0 aromatic carbocycles. The molecule has 3 aliphatic rings. The van der Waals surface area contributed by atoms with Gasteiger partial charge in [0.25, 0.3) is 0 Å². The molecule has 0 aromatic rings. The number of rotatable bonds is 2. The molecule has 0 radical (unpaired) electrons. The molecular formula is C13H24N4. The van der Waals surface area contributed by atoms with Crippen LogP contribution in [0.4, 0.5) is 0 Å². The zero-order valence-electron chi connectivity index (χ0n) is 10.6. The first-order valence-electron chi connectivity index (χ1n) is 7.19. The second kappa shape index (κ2) is 4.84. The number of hydrogen-bond donors (Lipinski definition) is 2. The van der Waals surface area contributed by atoms with Gasteiger partial charge >= 0.3 is 0 Å². The molecule has 3 fully saturated rings. The molecule has 3 rings (SSSR count). The number of nitrogens with zero attached hydrogens (tertiary/aromatic N) is 2. The summed E-state index contributed by atoms with van der Waals surface area (Å²) in [5, 5.41) is 0. The van der Waals surface area contributed by atoms with Crippen molar-refractivity contribution in [3.8, 4) is 0 Å². The molecule has 1 aliphatic heterocycles. The monoisotopic (exact) mass is 236 g/mol. The molecule has 4 nitrogen and oxygen atoms in total. The van der Waals surface area contributed by atoms with Crippen LogP contribution in [0.5, 0.6) is 0 Å². The fourth-order valence-electron chi connectivity index (χ4n) is 3.46. The van der Waals surface area contributed by atoms with Gasteiger partial charge in [0, 0.05) is 12.6 Å². The maximum absolute atomic E-state index is 5.67. The third kappa shape index (κ3) is 2.41. The molecule has 2 saturated carbocycles. The van der Waals surface area contributed by atoms with Crippen molar-refractivity contribution in [1.82, 2.24) is 10.3 Å². The Kier molecular flexibility index (Phi) is 3.23. The Morgan fingerprint density at radius 3 is 2.47 bits per heavy atom. The van der Waals surface area contributed by atoms with Crippen molar-refractivity contribution >= 4 is 5.96 Å². The molecule has 2 aliphatic carbocycles. The SMILES string of the molecule is NNC(=NC1CC1)N1CCCC1C1CCCC1. The maximum Gasteiger partial charge on any atom is 0.208 e. The second-order valence-corrected chi connectivity index (χ2v) is 5.78. The summed E-state index contributed by atoms with van der Waals surface area (Å²) in [6.07, 6.45) is 10.8. The van der Waals surface area contributed by atoms with Crippen LogP contribution in [0, 0.1) is 5.92 Å². The minimum absolute atomic E-state index is 0.547. The van der Waals surface area contributed by atoms with Gasteiger partial charge in [-0.25, -0.2) is 10.8 Å². The fraction of sp³-hybridized carbons (Fsp3) is 0.923. The molecule has 0 aromatic heterocycles. The Morgan fingerprint density at radius 2 is 1.82 bits per heavy atom. The van der Waals surface area contributed by atoms with Crippen molar-refractivity contribution in [2.24, 2.45) is 16.8 Å². The van der Waals surface area contributed by atoms with E-state index < -0.39 is 0 Å². The Bertz CT molecular complexity index is 292. The highest BCUT2D eigenvalue weighted by Gasteiger charge is 2.35. The van der Waals surface area contributed by atoms with E-state index in [1.54, 1.807) is 0 Å². The van der Waals surface area contributed by atoms with Crippen LogP contribution in [0.1, 0.15) is 51.4 Å². The highest BCUT2D eigenvalue weighted by Crippen LogP contribution is 2.35. The highest BCUT2D eigenvalue weighted by atomic mass is 15.4. The van der Waals surface area contributed by atoms with Crippen LogP contribution < -0.4 is 11.3 Å². The summed E-state index contributed by atoms with van der Waals surface area (Å²) in [6.45, 7) is 1.14. The van der Waals surface area contributed by atoms with Crippen LogP contribution >= 0.6 is 0 Å². The molecule has 0 amide bonds. The smallest absolute Gasteiger partial charge is 0.208 e. The van der Waals surface area contributed by atoms with E-state index in [1.807, 2.05) is 0 Å². The van der Waals surface area contributed by atoms with E-state index in [9.17, 15) is 0 Å². The summed E-state index contributed by atoms with van der Waals surface area (Å²) in [5.41, 5.74) is 2.84. The maximum atomic E-state index is 5.67. The lowest BCUT2D eigenvalue weighted by Crippen LogP contribution is -2.49. The van der Waals surface area contributed by atoms with Gasteiger partial charge in [-0.1, -0.05) is 12.8 Å². The van der Waals surface area contributed by atoms with E-state index in [2.05, 4.69) is 10.3 Å². The van der Waals surface area contributed by atoms with Gasteiger partial charge in [0.05, 0.1) is 6.04 Å². The summed E-state index contributed by atoms with van der Waals surface area (Å²) in [5.74, 6) is 7.51. The van der Waals surface area contributed by atoms with Gasteiger partial charge < -0.3 is 4.90 Å². The van der Waals surface area contributed by atoms with Crippen molar-refractivity contribution in [2.75, 3.05) is 6.54 Å². The van der Waals surface area contributed by atoms with Crippen molar-refractivity contribution < 1.29 is 0 Å². The lowest BCUT2D eigenvalue weighted by Gasteiger charge is -2.31. The van der Waals surface area contributed by atoms with Gasteiger partial charge in [-0.15, -0.1) is 0 Å². The summed E-state index contributed by atoms with van der Waals surface area (Å²) in [4.78, 5) is 7.17. The van der Waals surface area contributed by atoms with E-state index in [0.717, 1.165) is 18.4 Å². The molecule has 1 atom stereocenters. The predicted molar refractivity (Wildman–Crippen MR) is 69.5 cm³/mol. The van der Waals surface area contributed by atoms with Gasteiger partial charge in [0.1, 0.15) is 0 Å². The Labute approximate surface area is 104 Å². The number of guanidine groups is 1. The number of likely N-dealkylation sites (tertiary alicyclic amines) is 1. The summed E-state index contributed by atoms with van der Waals surface area (Å²) < 4.78 is 0. The lowest BCUT2D eigenvalue weighted by molar-refractivity contribution is 0.273. The number of hydrazine groups is 1. The number of nitrogens with two attached hydrogens (primary N) is 1. The second-order valence-electron chi connectivity index (χ2n) is 5.78. The summed E-state index contributed by atoms with van der Waals surface area (Å²) >= 11 is 0. The number of hydrogen-bond acceptors (Lipinski definition) is 2. The predicted octanol–water partition coefficient (Wildman–Crippen LogP) is 1.62. The zero-order chi connectivity index (χ0) is 11.7. The topological polar surface area (TPSA) is 53.6 Å². The largest absolute Gasteiger partial charge is 0.339 e. The van der Waals surface area contributed by atoms with E-state index in [-0.39, 0.29) is 0 Å². The number of aliphatic imine (C=N–C) groups is 1. The third-order valence-electron chi connectivity index (χ3n) is 4.50. The minimum atomic E-state index is 0.547. The first-order chi connectivity index (χ1) is 8.38. The Hall–Kier alpha value is -0.770. The van der Waals surface area contributed by atoms with Gasteiger partial charge in [0.2, 0.25) is 5.96 Å². The molecule has 1 unspecified atom stereocenters. The van der Waals surface area contributed by atoms with Crippen molar-refractivity contribution in [2.45, 2.75) is 63.5 Å². The van der Waals surface area contributed by atoms with E-state index in [4.69, 9.17) is 10.8 Å². The standard InChI is InChI=1S/C13H24N4/c14-16-13(15-11-7-8-11)17-9-3-6-12(17)10-4-1-2-5-10/h10-12H,1-9,14H2,(H,15,16). The fourth-order valence-corrected chi connectivity index (χ4v) is 3.46.